The smallest absolute Gasteiger partial charge is 0.120 e. The Morgan fingerprint density at radius 1 is 1.35 bits per heavy atom. The molecular formula is C12H14ClN3O. The van der Waals surface area contributed by atoms with Crippen LogP contribution in [0.4, 0.5) is 0 Å². The molecule has 1 heterocycles. The van der Waals surface area contributed by atoms with Gasteiger partial charge in [-0.1, -0.05) is 23.7 Å². The van der Waals surface area contributed by atoms with Crippen molar-refractivity contribution in [1.29, 1.82) is 0 Å². The predicted molar refractivity (Wildman–Crippen MR) is 66.7 cm³/mol. The molecule has 0 amide bonds. The van der Waals surface area contributed by atoms with Crippen molar-refractivity contribution in [2.24, 2.45) is 0 Å². The molecule has 0 aliphatic carbocycles. The van der Waals surface area contributed by atoms with Gasteiger partial charge in [0.05, 0.1) is 19.2 Å². The van der Waals surface area contributed by atoms with Gasteiger partial charge >= 0.3 is 0 Å². The number of H-pyrrole nitrogens is 1. The SMILES string of the molecule is OCC(NCc1ncc[nH]1)c1ccc(Cl)cc1. The first-order chi connectivity index (χ1) is 8.29. The van der Waals surface area contributed by atoms with Crippen molar-refractivity contribution in [3.05, 3.63) is 53.1 Å². The number of nitrogens with one attached hydrogen (secondary N) is 2. The third-order valence-electron chi connectivity index (χ3n) is 2.53. The lowest BCUT2D eigenvalue weighted by Crippen LogP contribution is -2.24. The first-order valence-electron chi connectivity index (χ1n) is 5.37. The van der Waals surface area contributed by atoms with Gasteiger partial charge in [0.25, 0.3) is 0 Å². The molecule has 0 radical (unpaired) electrons. The van der Waals surface area contributed by atoms with E-state index in [0.29, 0.717) is 11.6 Å². The number of halogens is 1. The van der Waals surface area contributed by atoms with Crippen LogP contribution in [-0.4, -0.2) is 21.7 Å². The van der Waals surface area contributed by atoms with E-state index in [9.17, 15) is 5.11 Å². The lowest BCUT2D eigenvalue weighted by atomic mass is 10.1. The number of imidazole rings is 1. The molecule has 2 rings (SSSR count). The quantitative estimate of drug-likeness (QED) is 0.761. The van der Waals surface area contributed by atoms with Gasteiger partial charge in [0, 0.05) is 17.4 Å². The van der Waals surface area contributed by atoms with Gasteiger partial charge in [-0.15, -0.1) is 0 Å². The molecule has 1 aromatic heterocycles. The average molecular weight is 252 g/mol. The Hall–Kier alpha value is -1.36. The Morgan fingerprint density at radius 3 is 2.71 bits per heavy atom. The molecular weight excluding hydrogens is 238 g/mol. The Morgan fingerprint density at radius 2 is 2.12 bits per heavy atom. The van der Waals surface area contributed by atoms with Crippen LogP contribution in [0.3, 0.4) is 0 Å². The molecule has 17 heavy (non-hydrogen) atoms. The minimum Gasteiger partial charge on any atom is -0.394 e. The highest BCUT2D eigenvalue weighted by Crippen LogP contribution is 2.16. The Bertz CT molecular complexity index is 441. The summed E-state index contributed by atoms with van der Waals surface area (Å²) in [5.74, 6) is 0.845. The maximum absolute atomic E-state index is 9.35. The van der Waals surface area contributed by atoms with Crippen molar-refractivity contribution < 1.29 is 5.11 Å². The number of benzene rings is 1. The van der Waals surface area contributed by atoms with E-state index < -0.39 is 0 Å². The number of rotatable bonds is 5. The molecule has 0 saturated heterocycles. The van der Waals surface area contributed by atoms with E-state index in [4.69, 9.17) is 11.6 Å². The van der Waals surface area contributed by atoms with Crippen LogP contribution in [-0.2, 0) is 6.54 Å². The highest BCUT2D eigenvalue weighted by Gasteiger charge is 2.09. The summed E-state index contributed by atoms with van der Waals surface area (Å²) in [5, 5.41) is 13.3. The van der Waals surface area contributed by atoms with Crippen LogP contribution in [0.2, 0.25) is 5.02 Å². The molecule has 1 atom stereocenters. The number of aromatic amines is 1. The minimum absolute atomic E-state index is 0.0301. The fourth-order valence-electron chi connectivity index (χ4n) is 1.60. The number of aliphatic hydroxyl groups is 1. The summed E-state index contributed by atoms with van der Waals surface area (Å²) in [4.78, 5) is 7.11. The zero-order valence-electron chi connectivity index (χ0n) is 9.23. The lowest BCUT2D eigenvalue weighted by molar-refractivity contribution is 0.243. The van der Waals surface area contributed by atoms with Gasteiger partial charge in [0.2, 0.25) is 0 Å². The zero-order chi connectivity index (χ0) is 12.1. The van der Waals surface area contributed by atoms with Crippen molar-refractivity contribution in [3.8, 4) is 0 Å². The van der Waals surface area contributed by atoms with Crippen molar-refractivity contribution in [3.63, 3.8) is 0 Å². The molecule has 4 nitrogen and oxygen atoms in total. The van der Waals surface area contributed by atoms with E-state index in [2.05, 4.69) is 15.3 Å². The van der Waals surface area contributed by atoms with E-state index in [0.717, 1.165) is 11.4 Å². The molecule has 0 aliphatic heterocycles. The molecule has 1 aromatic carbocycles. The highest BCUT2D eigenvalue weighted by molar-refractivity contribution is 6.30. The third-order valence-corrected chi connectivity index (χ3v) is 2.78. The summed E-state index contributed by atoms with van der Waals surface area (Å²) < 4.78 is 0. The number of nitrogens with zero attached hydrogens (tertiary/aromatic N) is 1. The van der Waals surface area contributed by atoms with Gasteiger partial charge in [-0.25, -0.2) is 4.98 Å². The molecule has 90 valence electrons. The molecule has 1 unspecified atom stereocenters. The fraction of sp³-hybridized carbons (Fsp3) is 0.250. The van der Waals surface area contributed by atoms with Crippen LogP contribution in [0.5, 0.6) is 0 Å². The van der Waals surface area contributed by atoms with Crippen LogP contribution < -0.4 is 5.32 Å². The van der Waals surface area contributed by atoms with Crippen LogP contribution in [0.15, 0.2) is 36.7 Å². The predicted octanol–water partition coefficient (Wildman–Crippen LogP) is 1.89. The van der Waals surface area contributed by atoms with Gasteiger partial charge < -0.3 is 15.4 Å². The maximum Gasteiger partial charge on any atom is 0.120 e. The summed E-state index contributed by atoms with van der Waals surface area (Å²) in [6, 6.07) is 7.32. The Balaban J connectivity index is 1.99. The largest absolute Gasteiger partial charge is 0.394 e. The molecule has 5 heteroatoms. The molecule has 3 N–H and O–H groups in total. The standard InChI is InChI=1S/C12H14ClN3O/c13-10-3-1-9(2-4-10)11(8-17)16-7-12-14-5-6-15-12/h1-6,11,16-17H,7-8H2,(H,14,15). The summed E-state index contributed by atoms with van der Waals surface area (Å²) in [7, 11) is 0. The zero-order valence-corrected chi connectivity index (χ0v) is 9.98. The van der Waals surface area contributed by atoms with E-state index in [1.807, 2.05) is 24.3 Å². The van der Waals surface area contributed by atoms with Crippen molar-refractivity contribution in [2.75, 3.05) is 6.61 Å². The fourth-order valence-corrected chi connectivity index (χ4v) is 1.72. The van der Waals surface area contributed by atoms with Gasteiger partial charge in [0.15, 0.2) is 0 Å². The van der Waals surface area contributed by atoms with E-state index >= 15 is 0 Å². The van der Waals surface area contributed by atoms with Crippen LogP contribution in [0.25, 0.3) is 0 Å². The monoisotopic (exact) mass is 251 g/mol. The van der Waals surface area contributed by atoms with E-state index in [1.54, 1.807) is 12.4 Å². The minimum atomic E-state index is -0.114. The van der Waals surface area contributed by atoms with Crippen molar-refractivity contribution in [2.45, 2.75) is 12.6 Å². The number of aliphatic hydroxyl groups excluding tert-OH is 1. The molecule has 2 aromatic rings. The summed E-state index contributed by atoms with van der Waals surface area (Å²) in [5.41, 5.74) is 1.00. The van der Waals surface area contributed by atoms with Crippen molar-refractivity contribution in [1.82, 2.24) is 15.3 Å². The number of hydrogen-bond acceptors (Lipinski definition) is 3. The van der Waals surface area contributed by atoms with E-state index in [-0.39, 0.29) is 12.6 Å². The van der Waals surface area contributed by atoms with Crippen LogP contribution in [0.1, 0.15) is 17.4 Å². The number of aromatic nitrogens is 2. The first-order valence-corrected chi connectivity index (χ1v) is 5.75. The maximum atomic E-state index is 9.35. The van der Waals surface area contributed by atoms with Gasteiger partial charge in [-0.2, -0.15) is 0 Å². The second-order valence-electron chi connectivity index (χ2n) is 3.70. The Labute approximate surface area is 105 Å². The van der Waals surface area contributed by atoms with Gasteiger partial charge in [-0.3, -0.25) is 0 Å². The number of hydrogen-bond donors (Lipinski definition) is 3. The molecule has 0 spiro atoms. The van der Waals surface area contributed by atoms with Crippen molar-refractivity contribution >= 4 is 11.6 Å². The topological polar surface area (TPSA) is 60.9 Å². The molecule has 0 fully saturated rings. The molecule has 0 saturated carbocycles. The highest BCUT2D eigenvalue weighted by atomic mass is 35.5. The van der Waals surface area contributed by atoms with Gasteiger partial charge in [0.1, 0.15) is 5.82 Å². The van der Waals surface area contributed by atoms with Crippen LogP contribution >= 0.6 is 11.6 Å². The molecule has 0 aliphatic rings. The summed E-state index contributed by atoms with van der Waals surface area (Å²) in [6.45, 7) is 0.614. The summed E-state index contributed by atoms with van der Waals surface area (Å²) >= 11 is 5.82. The third kappa shape index (κ3) is 3.30. The molecule has 0 bridgehead atoms. The summed E-state index contributed by atoms with van der Waals surface area (Å²) in [6.07, 6.45) is 3.47. The average Bonchev–Trinajstić information content (AvgIpc) is 2.85. The lowest BCUT2D eigenvalue weighted by Gasteiger charge is -2.15. The first kappa shape index (κ1) is 12.1. The Kier molecular flexibility index (Phi) is 4.14. The second kappa shape index (κ2) is 5.82. The normalized spacial score (nSPS) is 12.6. The van der Waals surface area contributed by atoms with E-state index in [1.165, 1.54) is 0 Å². The van der Waals surface area contributed by atoms with Gasteiger partial charge in [-0.05, 0) is 17.7 Å². The second-order valence-corrected chi connectivity index (χ2v) is 4.14. The van der Waals surface area contributed by atoms with Crippen LogP contribution in [0, 0.1) is 0 Å².